The lowest BCUT2D eigenvalue weighted by atomic mass is 10.0. The van der Waals surface area contributed by atoms with Crippen LogP contribution in [0.2, 0.25) is 0 Å². The number of hydrogen-bond donors (Lipinski definition) is 2. The monoisotopic (exact) mass is 270 g/mol. The van der Waals surface area contributed by atoms with E-state index in [1.807, 2.05) is 0 Å². The Labute approximate surface area is 109 Å². The van der Waals surface area contributed by atoms with E-state index in [1.165, 1.54) is 17.0 Å². The van der Waals surface area contributed by atoms with Crippen molar-refractivity contribution in [1.29, 1.82) is 0 Å². The highest BCUT2D eigenvalue weighted by atomic mass is 19.3. The maximum atomic E-state index is 14.0. The van der Waals surface area contributed by atoms with Crippen LogP contribution in [0.15, 0.2) is 30.3 Å². The number of nitrogens with zero attached hydrogens (tertiary/aromatic N) is 1. The van der Waals surface area contributed by atoms with Crippen LogP contribution in [0.25, 0.3) is 0 Å². The molecule has 19 heavy (non-hydrogen) atoms. The van der Waals surface area contributed by atoms with Crippen molar-refractivity contribution >= 4 is 5.97 Å². The van der Waals surface area contributed by atoms with Gasteiger partial charge >= 0.3 is 5.97 Å². The molecule has 1 saturated heterocycles. The molecule has 1 atom stereocenters. The Balaban J connectivity index is 2.05. The molecule has 1 fully saturated rings. The van der Waals surface area contributed by atoms with Crippen molar-refractivity contribution in [2.24, 2.45) is 5.73 Å². The number of rotatable bonds is 4. The van der Waals surface area contributed by atoms with E-state index in [9.17, 15) is 13.6 Å². The van der Waals surface area contributed by atoms with Crippen LogP contribution in [0.4, 0.5) is 8.78 Å². The number of carboxylic acids is 1. The van der Waals surface area contributed by atoms with Crippen molar-refractivity contribution in [2.75, 3.05) is 19.6 Å². The van der Waals surface area contributed by atoms with Crippen LogP contribution in [0, 0.1) is 0 Å². The standard InChI is InChI=1S/C13H16F2N2O2/c14-13(15,10-4-2-1-3-5-10)9-17-7-6-12(16,8-17)11(18)19/h1-5H,6-9,16H2,(H,18,19). The minimum absolute atomic E-state index is 0.0508. The maximum absolute atomic E-state index is 14.0. The first-order valence-electron chi connectivity index (χ1n) is 6.01. The van der Waals surface area contributed by atoms with Crippen molar-refractivity contribution in [3.05, 3.63) is 35.9 Å². The van der Waals surface area contributed by atoms with Gasteiger partial charge in [0.05, 0.1) is 6.54 Å². The average Bonchev–Trinajstić information content (AvgIpc) is 2.73. The molecule has 4 nitrogen and oxygen atoms in total. The first-order chi connectivity index (χ1) is 8.83. The zero-order valence-electron chi connectivity index (χ0n) is 10.4. The van der Waals surface area contributed by atoms with E-state index >= 15 is 0 Å². The summed E-state index contributed by atoms with van der Waals surface area (Å²) < 4.78 is 28.1. The second-order valence-corrected chi connectivity index (χ2v) is 4.99. The lowest BCUT2D eigenvalue weighted by Gasteiger charge is -2.25. The van der Waals surface area contributed by atoms with Crippen LogP contribution in [0.1, 0.15) is 12.0 Å². The molecule has 0 aromatic heterocycles. The smallest absolute Gasteiger partial charge is 0.325 e. The Kier molecular flexibility index (Phi) is 3.56. The summed E-state index contributed by atoms with van der Waals surface area (Å²) in [5.74, 6) is -4.15. The zero-order chi connectivity index (χ0) is 14.1. The highest BCUT2D eigenvalue weighted by molar-refractivity contribution is 5.79. The van der Waals surface area contributed by atoms with Crippen LogP contribution in [-0.2, 0) is 10.7 Å². The molecule has 1 aliphatic heterocycles. The molecule has 6 heteroatoms. The Hall–Kier alpha value is -1.53. The van der Waals surface area contributed by atoms with Crippen molar-refractivity contribution in [1.82, 2.24) is 4.90 Å². The average molecular weight is 270 g/mol. The van der Waals surface area contributed by atoms with Crippen molar-refractivity contribution in [3.8, 4) is 0 Å². The highest BCUT2D eigenvalue weighted by Crippen LogP contribution is 2.31. The van der Waals surface area contributed by atoms with Gasteiger partial charge in [0.2, 0.25) is 0 Å². The van der Waals surface area contributed by atoms with E-state index in [4.69, 9.17) is 10.8 Å². The van der Waals surface area contributed by atoms with Gasteiger partial charge in [0.15, 0.2) is 0 Å². The molecule has 1 heterocycles. The molecule has 0 aliphatic carbocycles. The summed E-state index contributed by atoms with van der Waals surface area (Å²) in [7, 11) is 0. The van der Waals surface area contributed by atoms with E-state index in [0.29, 0.717) is 0 Å². The molecular formula is C13H16F2N2O2. The summed E-state index contributed by atoms with van der Waals surface area (Å²) >= 11 is 0. The molecule has 0 spiro atoms. The molecule has 1 aromatic rings. The third kappa shape index (κ3) is 2.90. The van der Waals surface area contributed by atoms with Gasteiger partial charge in [-0.05, 0) is 6.42 Å². The summed E-state index contributed by atoms with van der Waals surface area (Å²) in [6.45, 7) is -0.292. The SMILES string of the molecule is NC1(C(=O)O)CCN(CC(F)(F)c2ccccc2)C1. The Morgan fingerprint density at radius 2 is 2.05 bits per heavy atom. The third-order valence-corrected chi connectivity index (χ3v) is 3.42. The van der Waals surface area contributed by atoms with Gasteiger partial charge in [-0.3, -0.25) is 9.69 Å². The molecule has 0 amide bonds. The van der Waals surface area contributed by atoms with E-state index in [1.54, 1.807) is 18.2 Å². The lowest BCUT2D eigenvalue weighted by molar-refractivity contribution is -0.143. The fraction of sp³-hybridized carbons (Fsp3) is 0.462. The fourth-order valence-corrected chi connectivity index (χ4v) is 2.28. The number of halogens is 2. The largest absolute Gasteiger partial charge is 0.480 e. The minimum Gasteiger partial charge on any atom is -0.480 e. The summed E-state index contributed by atoms with van der Waals surface area (Å²) in [4.78, 5) is 12.4. The number of alkyl halides is 2. The highest BCUT2D eigenvalue weighted by Gasteiger charge is 2.44. The van der Waals surface area contributed by atoms with Gasteiger partial charge in [-0.25, -0.2) is 0 Å². The molecule has 1 aromatic carbocycles. The molecule has 2 rings (SSSR count). The van der Waals surface area contributed by atoms with E-state index in [-0.39, 0.29) is 25.1 Å². The molecule has 104 valence electrons. The first-order valence-corrected chi connectivity index (χ1v) is 6.01. The van der Waals surface area contributed by atoms with Crippen molar-refractivity contribution in [3.63, 3.8) is 0 Å². The number of carbonyl (C=O) groups is 1. The Bertz CT molecular complexity index is 467. The Morgan fingerprint density at radius 1 is 1.42 bits per heavy atom. The molecule has 1 unspecified atom stereocenters. The molecule has 0 radical (unpaired) electrons. The summed E-state index contributed by atoms with van der Waals surface area (Å²) in [6, 6.07) is 7.51. The zero-order valence-corrected chi connectivity index (χ0v) is 10.4. The van der Waals surface area contributed by atoms with Crippen molar-refractivity contribution in [2.45, 2.75) is 17.9 Å². The molecule has 0 saturated carbocycles. The van der Waals surface area contributed by atoms with E-state index in [0.717, 1.165) is 0 Å². The minimum atomic E-state index is -3.01. The number of aliphatic carboxylic acids is 1. The predicted molar refractivity (Wildman–Crippen MR) is 65.9 cm³/mol. The third-order valence-electron chi connectivity index (χ3n) is 3.42. The van der Waals surface area contributed by atoms with Gasteiger partial charge in [-0.15, -0.1) is 0 Å². The fourth-order valence-electron chi connectivity index (χ4n) is 2.28. The van der Waals surface area contributed by atoms with Gasteiger partial charge in [0, 0.05) is 18.7 Å². The van der Waals surface area contributed by atoms with E-state index < -0.39 is 24.0 Å². The topological polar surface area (TPSA) is 66.6 Å². The number of nitrogens with two attached hydrogens (primary N) is 1. The van der Waals surface area contributed by atoms with Crippen LogP contribution in [0.5, 0.6) is 0 Å². The van der Waals surface area contributed by atoms with Crippen LogP contribution in [-0.4, -0.2) is 41.1 Å². The van der Waals surface area contributed by atoms with E-state index in [2.05, 4.69) is 0 Å². The molecular weight excluding hydrogens is 254 g/mol. The molecule has 0 bridgehead atoms. The Morgan fingerprint density at radius 3 is 2.58 bits per heavy atom. The maximum Gasteiger partial charge on any atom is 0.325 e. The molecule has 1 aliphatic rings. The van der Waals surface area contributed by atoms with Gasteiger partial charge in [-0.1, -0.05) is 30.3 Å². The van der Waals surface area contributed by atoms with Gasteiger partial charge in [0.25, 0.3) is 5.92 Å². The summed E-state index contributed by atoms with van der Waals surface area (Å²) in [6.07, 6.45) is 0.188. The number of benzene rings is 1. The van der Waals surface area contributed by atoms with Crippen LogP contribution >= 0.6 is 0 Å². The lowest BCUT2D eigenvalue weighted by Crippen LogP contribution is -2.50. The van der Waals surface area contributed by atoms with Gasteiger partial charge in [-0.2, -0.15) is 8.78 Å². The first kappa shape index (κ1) is 13.9. The summed E-state index contributed by atoms with van der Waals surface area (Å²) in [5, 5.41) is 8.97. The predicted octanol–water partition coefficient (Wildman–Crippen LogP) is 1.27. The normalized spacial score (nSPS) is 24.6. The molecule has 3 N–H and O–H groups in total. The van der Waals surface area contributed by atoms with Crippen LogP contribution < -0.4 is 5.73 Å². The van der Waals surface area contributed by atoms with Crippen molar-refractivity contribution < 1.29 is 18.7 Å². The van der Waals surface area contributed by atoms with Gasteiger partial charge in [0.1, 0.15) is 5.54 Å². The van der Waals surface area contributed by atoms with Gasteiger partial charge < -0.3 is 10.8 Å². The van der Waals surface area contributed by atoms with Crippen LogP contribution in [0.3, 0.4) is 0 Å². The second-order valence-electron chi connectivity index (χ2n) is 4.99. The number of carboxylic acid groups (broad SMARTS) is 1. The second kappa shape index (κ2) is 4.86. The number of likely N-dealkylation sites (tertiary alicyclic amines) is 1. The number of hydrogen-bond acceptors (Lipinski definition) is 3. The quantitative estimate of drug-likeness (QED) is 0.864. The summed E-state index contributed by atoms with van der Waals surface area (Å²) in [5.41, 5.74) is 4.18.